The molecule has 1 heterocycles. The molecule has 24 heavy (non-hydrogen) atoms. The molecule has 1 fully saturated rings. The van der Waals surface area contributed by atoms with E-state index in [1.807, 2.05) is 18.2 Å². The minimum Gasteiger partial charge on any atom is -0.493 e. The van der Waals surface area contributed by atoms with Gasteiger partial charge in [0.1, 0.15) is 0 Å². The smallest absolute Gasteiger partial charge is 0.244 e. The van der Waals surface area contributed by atoms with Crippen molar-refractivity contribution in [1.29, 1.82) is 0 Å². The normalized spacial score (nSPS) is 14.4. The molecule has 0 spiro atoms. The van der Waals surface area contributed by atoms with E-state index in [9.17, 15) is 0 Å². The molecule has 0 radical (unpaired) electrons. The van der Waals surface area contributed by atoms with Crippen molar-refractivity contribution >= 4 is 11.8 Å². The molecule has 0 aliphatic heterocycles. The van der Waals surface area contributed by atoms with Gasteiger partial charge in [-0.2, -0.15) is 10.1 Å². The lowest BCUT2D eigenvalue weighted by Crippen LogP contribution is -2.17. The number of nitrogens with zero attached hydrogens (tertiary/aromatic N) is 3. The minimum absolute atomic E-state index is 0.466. The molecular weight excluding hydrogens is 306 g/mol. The van der Waals surface area contributed by atoms with Crippen molar-refractivity contribution in [2.45, 2.75) is 38.3 Å². The predicted octanol–water partition coefficient (Wildman–Crippen LogP) is 2.86. The quantitative estimate of drug-likeness (QED) is 0.808. The van der Waals surface area contributed by atoms with Gasteiger partial charge >= 0.3 is 0 Å². The number of ether oxygens (including phenoxy) is 2. The molecule has 1 aliphatic carbocycles. The Morgan fingerprint density at radius 1 is 1.12 bits per heavy atom. The van der Waals surface area contributed by atoms with Gasteiger partial charge in [0.2, 0.25) is 5.95 Å². The molecule has 1 aromatic heterocycles. The van der Waals surface area contributed by atoms with E-state index < -0.39 is 0 Å². The van der Waals surface area contributed by atoms with Crippen molar-refractivity contribution in [2.24, 2.45) is 0 Å². The highest BCUT2D eigenvalue weighted by molar-refractivity contribution is 5.44. The number of hydrogen-bond donors (Lipinski definition) is 2. The SMILES string of the molecule is COc1ccc(CNc2cnnc(NC3CCCC3)n2)cc1OC. The van der Waals surface area contributed by atoms with Crippen LogP contribution < -0.4 is 20.1 Å². The average Bonchev–Trinajstić information content (AvgIpc) is 3.13. The second-order valence-corrected chi connectivity index (χ2v) is 5.83. The zero-order valence-electron chi connectivity index (χ0n) is 14.1. The Morgan fingerprint density at radius 2 is 1.92 bits per heavy atom. The van der Waals surface area contributed by atoms with Crippen LogP contribution in [0, 0.1) is 0 Å². The fraction of sp³-hybridized carbons (Fsp3) is 0.471. The summed E-state index contributed by atoms with van der Waals surface area (Å²) in [4.78, 5) is 4.48. The Labute approximate surface area is 141 Å². The van der Waals surface area contributed by atoms with E-state index in [-0.39, 0.29) is 0 Å². The van der Waals surface area contributed by atoms with Gasteiger partial charge in [-0.05, 0) is 30.5 Å². The molecule has 3 rings (SSSR count). The van der Waals surface area contributed by atoms with Crippen molar-refractivity contribution in [3.05, 3.63) is 30.0 Å². The molecule has 0 bridgehead atoms. The van der Waals surface area contributed by atoms with Crippen LogP contribution in [0.4, 0.5) is 11.8 Å². The van der Waals surface area contributed by atoms with Gasteiger partial charge in [-0.25, -0.2) is 0 Å². The number of benzene rings is 1. The lowest BCUT2D eigenvalue weighted by molar-refractivity contribution is 0.354. The van der Waals surface area contributed by atoms with Crippen molar-refractivity contribution in [1.82, 2.24) is 15.2 Å². The van der Waals surface area contributed by atoms with Gasteiger partial charge in [-0.1, -0.05) is 18.9 Å². The Morgan fingerprint density at radius 3 is 2.67 bits per heavy atom. The molecule has 1 aliphatic rings. The number of anilines is 2. The van der Waals surface area contributed by atoms with Crippen LogP contribution in [0.1, 0.15) is 31.2 Å². The Hall–Kier alpha value is -2.57. The molecule has 1 saturated carbocycles. The van der Waals surface area contributed by atoms with Crippen LogP contribution in [0.15, 0.2) is 24.4 Å². The maximum absolute atomic E-state index is 5.32. The maximum Gasteiger partial charge on any atom is 0.244 e. The molecule has 0 amide bonds. The van der Waals surface area contributed by atoms with E-state index in [0.717, 1.165) is 5.56 Å². The molecule has 2 N–H and O–H groups in total. The van der Waals surface area contributed by atoms with Crippen LogP contribution in [-0.4, -0.2) is 35.4 Å². The van der Waals surface area contributed by atoms with Gasteiger partial charge in [-0.15, -0.1) is 5.10 Å². The highest BCUT2D eigenvalue weighted by Crippen LogP contribution is 2.27. The fourth-order valence-corrected chi connectivity index (χ4v) is 2.89. The molecule has 2 aromatic rings. The number of hydrogen-bond acceptors (Lipinski definition) is 7. The summed E-state index contributed by atoms with van der Waals surface area (Å²) in [5.41, 5.74) is 1.07. The van der Waals surface area contributed by atoms with E-state index in [0.29, 0.717) is 35.9 Å². The standard InChI is InChI=1S/C17H23N5O2/c1-23-14-8-7-12(9-15(14)24-2)10-18-16-11-19-22-17(21-16)20-13-5-3-4-6-13/h7-9,11,13H,3-6,10H2,1-2H3,(H2,18,20,21,22). The largest absolute Gasteiger partial charge is 0.493 e. The summed E-state index contributed by atoms with van der Waals surface area (Å²) in [6.07, 6.45) is 6.50. The number of rotatable bonds is 7. The van der Waals surface area contributed by atoms with Crippen molar-refractivity contribution < 1.29 is 9.47 Å². The summed E-state index contributed by atoms with van der Waals surface area (Å²) in [7, 11) is 3.26. The van der Waals surface area contributed by atoms with Gasteiger partial charge in [0, 0.05) is 12.6 Å². The third kappa shape index (κ3) is 4.04. The van der Waals surface area contributed by atoms with Gasteiger partial charge in [0.05, 0.1) is 20.4 Å². The van der Waals surface area contributed by atoms with Crippen LogP contribution >= 0.6 is 0 Å². The highest BCUT2D eigenvalue weighted by Gasteiger charge is 2.15. The van der Waals surface area contributed by atoms with Gasteiger partial charge in [-0.3, -0.25) is 0 Å². The fourth-order valence-electron chi connectivity index (χ4n) is 2.89. The van der Waals surface area contributed by atoms with Crippen LogP contribution in [0.2, 0.25) is 0 Å². The third-order valence-corrected chi connectivity index (χ3v) is 4.17. The van der Waals surface area contributed by atoms with E-state index in [1.54, 1.807) is 20.4 Å². The summed E-state index contributed by atoms with van der Waals surface area (Å²) < 4.78 is 10.6. The third-order valence-electron chi connectivity index (χ3n) is 4.17. The summed E-state index contributed by atoms with van der Waals surface area (Å²) in [6, 6.07) is 6.29. The van der Waals surface area contributed by atoms with Crippen molar-refractivity contribution in [3.8, 4) is 11.5 Å². The lowest BCUT2D eigenvalue weighted by atomic mass is 10.2. The number of methoxy groups -OCH3 is 2. The van der Waals surface area contributed by atoms with Gasteiger partial charge in [0.25, 0.3) is 0 Å². The highest BCUT2D eigenvalue weighted by atomic mass is 16.5. The molecule has 0 saturated heterocycles. The van der Waals surface area contributed by atoms with E-state index in [4.69, 9.17) is 9.47 Å². The topological polar surface area (TPSA) is 81.2 Å². The van der Waals surface area contributed by atoms with Crippen LogP contribution in [0.3, 0.4) is 0 Å². The first kappa shape index (κ1) is 16.3. The first-order chi connectivity index (χ1) is 11.8. The maximum atomic E-state index is 5.32. The first-order valence-corrected chi connectivity index (χ1v) is 8.19. The monoisotopic (exact) mass is 329 g/mol. The summed E-state index contributed by atoms with van der Waals surface area (Å²) in [6.45, 7) is 0.613. The van der Waals surface area contributed by atoms with Crippen LogP contribution in [-0.2, 0) is 6.54 Å². The molecule has 7 heteroatoms. The predicted molar refractivity (Wildman–Crippen MR) is 92.6 cm³/mol. The zero-order chi connectivity index (χ0) is 16.8. The Kier molecular flexibility index (Phi) is 5.30. The number of aromatic nitrogens is 3. The molecular formula is C17H23N5O2. The second kappa shape index (κ2) is 7.81. The summed E-state index contributed by atoms with van der Waals surface area (Å²) in [5, 5.41) is 14.7. The van der Waals surface area contributed by atoms with E-state index in [1.165, 1.54) is 25.7 Å². The lowest BCUT2D eigenvalue weighted by Gasteiger charge is -2.13. The van der Waals surface area contributed by atoms with E-state index in [2.05, 4.69) is 25.8 Å². The molecule has 0 atom stereocenters. The molecule has 0 unspecified atom stereocenters. The van der Waals surface area contributed by atoms with Crippen molar-refractivity contribution in [2.75, 3.05) is 24.9 Å². The van der Waals surface area contributed by atoms with Gasteiger partial charge in [0.15, 0.2) is 17.3 Å². The van der Waals surface area contributed by atoms with Crippen LogP contribution in [0.25, 0.3) is 0 Å². The van der Waals surface area contributed by atoms with Crippen molar-refractivity contribution in [3.63, 3.8) is 0 Å². The Balaban J connectivity index is 1.61. The average molecular weight is 329 g/mol. The van der Waals surface area contributed by atoms with Crippen LogP contribution in [0.5, 0.6) is 11.5 Å². The van der Waals surface area contributed by atoms with Gasteiger partial charge < -0.3 is 20.1 Å². The molecule has 7 nitrogen and oxygen atoms in total. The minimum atomic E-state index is 0.466. The molecule has 1 aromatic carbocycles. The Bertz CT molecular complexity index is 674. The van der Waals surface area contributed by atoms with E-state index >= 15 is 0 Å². The second-order valence-electron chi connectivity index (χ2n) is 5.83. The first-order valence-electron chi connectivity index (χ1n) is 8.19. The summed E-state index contributed by atoms with van der Waals surface area (Å²) >= 11 is 0. The number of nitrogens with one attached hydrogen (secondary N) is 2. The molecule has 128 valence electrons. The summed E-state index contributed by atoms with van der Waals surface area (Å²) in [5.74, 6) is 2.70. The zero-order valence-corrected chi connectivity index (χ0v) is 14.1.